The van der Waals surface area contributed by atoms with E-state index in [1.54, 1.807) is 6.20 Å². The van der Waals surface area contributed by atoms with Crippen LogP contribution in [0.2, 0.25) is 0 Å². The largest absolute Gasteiger partial charge is 0.350 e. The number of nitrogens with zero attached hydrogens (tertiary/aromatic N) is 3. The monoisotopic (exact) mass is 361 g/mol. The van der Waals surface area contributed by atoms with Gasteiger partial charge in [0.25, 0.3) is 0 Å². The molecule has 0 aliphatic rings. The quantitative estimate of drug-likeness (QED) is 0.650. The number of pyridine rings is 1. The summed E-state index contributed by atoms with van der Waals surface area (Å²) in [4.78, 5) is 13.8. The van der Waals surface area contributed by atoms with E-state index in [0.29, 0.717) is 5.95 Å². The molecule has 2 N–H and O–H groups in total. The molecule has 5 heteroatoms. The standard InChI is InChI=1S/C22H27N5/c1-14-11-15(2)20(16(3)12-14)25-19-13-18(17-9-7-8-10-23-17)24-21(26-19)27-22(4,5)6/h7-13H,1-6H3,(H2,24,25,26,27). The van der Waals surface area contributed by atoms with E-state index < -0.39 is 0 Å². The Morgan fingerprint density at radius 2 is 1.56 bits per heavy atom. The molecule has 0 unspecified atom stereocenters. The normalized spacial score (nSPS) is 11.3. The van der Waals surface area contributed by atoms with Crippen molar-refractivity contribution in [3.8, 4) is 11.4 Å². The second kappa shape index (κ2) is 7.35. The third kappa shape index (κ3) is 4.82. The summed E-state index contributed by atoms with van der Waals surface area (Å²) in [5, 5.41) is 6.85. The van der Waals surface area contributed by atoms with Gasteiger partial charge in [0.05, 0.1) is 11.4 Å². The summed E-state index contributed by atoms with van der Waals surface area (Å²) in [5.41, 5.74) is 6.16. The zero-order chi connectivity index (χ0) is 19.6. The van der Waals surface area contributed by atoms with E-state index in [-0.39, 0.29) is 5.54 Å². The van der Waals surface area contributed by atoms with Gasteiger partial charge in [-0.1, -0.05) is 23.8 Å². The highest BCUT2D eigenvalue weighted by molar-refractivity contribution is 5.69. The lowest BCUT2D eigenvalue weighted by Gasteiger charge is -2.21. The first-order chi connectivity index (χ1) is 12.7. The van der Waals surface area contributed by atoms with E-state index in [0.717, 1.165) is 22.9 Å². The fourth-order valence-corrected chi connectivity index (χ4v) is 3.05. The Balaban J connectivity index is 2.05. The third-order valence-electron chi connectivity index (χ3n) is 4.07. The van der Waals surface area contributed by atoms with E-state index in [2.05, 4.69) is 79.3 Å². The van der Waals surface area contributed by atoms with Crippen molar-refractivity contribution >= 4 is 17.5 Å². The van der Waals surface area contributed by atoms with Crippen molar-refractivity contribution in [3.63, 3.8) is 0 Å². The van der Waals surface area contributed by atoms with Crippen molar-refractivity contribution in [1.82, 2.24) is 15.0 Å². The SMILES string of the molecule is Cc1cc(C)c(Nc2cc(-c3ccccn3)nc(NC(C)(C)C)n2)c(C)c1. The molecule has 3 rings (SSSR count). The second-order valence-corrected chi connectivity index (χ2v) is 7.95. The molecule has 0 saturated heterocycles. The van der Waals surface area contributed by atoms with E-state index in [9.17, 15) is 0 Å². The first-order valence-corrected chi connectivity index (χ1v) is 9.15. The lowest BCUT2D eigenvalue weighted by molar-refractivity contribution is 0.626. The molecule has 1 aromatic carbocycles. The van der Waals surface area contributed by atoms with Crippen LogP contribution in [-0.2, 0) is 0 Å². The molecule has 2 aromatic heterocycles. The lowest BCUT2D eigenvalue weighted by atomic mass is 10.1. The molecular formula is C22H27N5. The summed E-state index contributed by atoms with van der Waals surface area (Å²) in [6.45, 7) is 12.6. The molecule has 3 aromatic rings. The minimum absolute atomic E-state index is 0.143. The van der Waals surface area contributed by atoms with Gasteiger partial charge in [0.2, 0.25) is 5.95 Å². The van der Waals surface area contributed by atoms with Crippen LogP contribution in [-0.4, -0.2) is 20.5 Å². The Morgan fingerprint density at radius 1 is 0.852 bits per heavy atom. The van der Waals surface area contributed by atoms with Crippen LogP contribution < -0.4 is 10.6 Å². The van der Waals surface area contributed by atoms with Gasteiger partial charge < -0.3 is 10.6 Å². The molecule has 0 radical (unpaired) electrons. The van der Waals surface area contributed by atoms with E-state index in [4.69, 9.17) is 0 Å². The lowest BCUT2D eigenvalue weighted by Crippen LogP contribution is -2.27. The molecule has 0 bridgehead atoms. The van der Waals surface area contributed by atoms with Crippen molar-refractivity contribution in [2.45, 2.75) is 47.1 Å². The molecule has 2 heterocycles. The summed E-state index contributed by atoms with van der Waals surface area (Å²) < 4.78 is 0. The summed E-state index contributed by atoms with van der Waals surface area (Å²) >= 11 is 0. The van der Waals surface area contributed by atoms with Crippen LogP contribution in [0.25, 0.3) is 11.4 Å². The van der Waals surface area contributed by atoms with Crippen molar-refractivity contribution in [1.29, 1.82) is 0 Å². The average Bonchev–Trinajstić information content (AvgIpc) is 2.57. The Hall–Kier alpha value is -2.95. The number of rotatable bonds is 4. The summed E-state index contributed by atoms with van der Waals surface area (Å²) in [6.07, 6.45) is 1.77. The highest BCUT2D eigenvalue weighted by Gasteiger charge is 2.15. The minimum atomic E-state index is -0.143. The van der Waals surface area contributed by atoms with Gasteiger partial charge in [-0.3, -0.25) is 4.98 Å². The Labute approximate surface area is 161 Å². The average molecular weight is 361 g/mol. The third-order valence-corrected chi connectivity index (χ3v) is 4.07. The van der Waals surface area contributed by atoms with Crippen LogP contribution in [0.3, 0.4) is 0 Å². The highest BCUT2D eigenvalue weighted by Crippen LogP contribution is 2.28. The molecule has 0 atom stereocenters. The van der Waals surface area contributed by atoms with E-state index in [1.165, 1.54) is 16.7 Å². The number of aromatic nitrogens is 3. The van der Waals surface area contributed by atoms with E-state index in [1.807, 2.05) is 24.3 Å². The summed E-state index contributed by atoms with van der Waals surface area (Å²) in [5.74, 6) is 1.32. The van der Waals surface area contributed by atoms with Gasteiger partial charge in [0, 0.05) is 23.5 Å². The summed E-state index contributed by atoms with van der Waals surface area (Å²) in [7, 11) is 0. The molecule has 0 spiro atoms. The second-order valence-electron chi connectivity index (χ2n) is 7.95. The molecule has 5 nitrogen and oxygen atoms in total. The van der Waals surface area contributed by atoms with Crippen LogP contribution in [0.5, 0.6) is 0 Å². The maximum Gasteiger partial charge on any atom is 0.225 e. The maximum atomic E-state index is 4.68. The van der Waals surface area contributed by atoms with Gasteiger partial charge in [-0.2, -0.15) is 4.98 Å². The topological polar surface area (TPSA) is 62.7 Å². The first kappa shape index (κ1) is 18.8. The number of hydrogen-bond donors (Lipinski definition) is 2. The van der Waals surface area contributed by atoms with Gasteiger partial charge in [0.15, 0.2) is 0 Å². The number of anilines is 3. The number of benzene rings is 1. The Kier molecular flexibility index (Phi) is 5.13. The van der Waals surface area contributed by atoms with Gasteiger partial charge >= 0.3 is 0 Å². The Bertz CT molecular complexity index is 920. The number of aryl methyl sites for hydroxylation is 3. The predicted molar refractivity (Wildman–Crippen MR) is 113 cm³/mol. The number of nitrogens with one attached hydrogen (secondary N) is 2. The molecule has 0 saturated carbocycles. The molecular weight excluding hydrogens is 334 g/mol. The van der Waals surface area contributed by atoms with Crippen molar-refractivity contribution in [3.05, 3.63) is 59.3 Å². The fourth-order valence-electron chi connectivity index (χ4n) is 3.05. The minimum Gasteiger partial charge on any atom is -0.350 e. The van der Waals surface area contributed by atoms with Crippen molar-refractivity contribution < 1.29 is 0 Å². The fraction of sp³-hybridized carbons (Fsp3) is 0.318. The van der Waals surface area contributed by atoms with Crippen LogP contribution in [0.15, 0.2) is 42.6 Å². The molecule has 0 amide bonds. The molecule has 0 fully saturated rings. The van der Waals surface area contributed by atoms with Crippen LogP contribution >= 0.6 is 0 Å². The predicted octanol–water partition coefficient (Wildman–Crippen LogP) is 5.42. The molecule has 0 aliphatic carbocycles. The number of hydrogen-bond acceptors (Lipinski definition) is 5. The van der Waals surface area contributed by atoms with Crippen molar-refractivity contribution in [2.24, 2.45) is 0 Å². The van der Waals surface area contributed by atoms with Gasteiger partial charge in [-0.25, -0.2) is 4.98 Å². The van der Waals surface area contributed by atoms with Crippen LogP contribution in [0.4, 0.5) is 17.5 Å². The van der Waals surface area contributed by atoms with Crippen LogP contribution in [0.1, 0.15) is 37.5 Å². The summed E-state index contributed by atoms with van der Waals surface area (Å²) in [6, 6.07) is 12.1. The molecule has 0 aliphatic heterocycles. The Morgan fingerprint density at radius 3 is 2.15 bits per heavy atom. The maximum absolute atomic E-state index is 4.68. The highest BCUT2D eigenvalue weighted by atomic mass is 15.2. The molecule has 140 valence electrons. The van der Waals surface area contributed by atoms with Gasteiger partial charge in [-0.05, 0) is 64.8 Å². The van der Waals surface area contributed by atoms with Gasteiger partial charge in [0.1, 0.15) is 5.82 Å². The van der Waals surface area contributed by atoms with E-state index >= 15 is 0 Å². The zero-order valence-corrected chi connectivity index (χ0v) is 16.9. The molecule has 27 heavy (non-hydrogen) atoms. The smallest absolute Gasteiger partial charge is 0.225 e. The van der Waals surface area contributed by atoms with Gasteiger partial charge in [-0.15, -0.1) is 0 Å². The van der Waals surface area contributed by atoms with Crippen molar-refractivity contribution in [2.75, 3.05) is 10.6 Å². The van der Waals surface area contributed by atoms with Crippen LogP contribution in [0, 0.1) is 20.8 Å². The first-order valence-electron chi connectivity index (χ1n) is 9.15. The zero-order valence-electron chi connectivity index (χ0n) is 16.9.